The molecule has 37 heavy (non-hydrogen) atoms. The van der Waals surface area contributed by atoms with Crippen LogP contribution in [0.1, 0.15) is 0 Å². The number of nitrogens with zero attached hydrogens (tertiary/aromatic N) is 4. The third-order valence-corrected chi connectivity index (χ3v) is 6.77. The highest BCUT2D eigenvalue weighted by atomic mass is 32.1. The van der Waals surface area contributed by atoms with Crippen molar-refractivity contribution in [3.8, 4) is 0 Å². The molecule has 0 atom stereocenters. The lowest BCUT2D eigenvalue weighted by atomic mass is 10.1. The first-order valence-electron chi connectivity index (χ1n) is 11.9. The predicted octanol–water partition coefficient (Wildman–Crippen LogP) is 7.80. The molecule has 4 N–H and O–H groups in total. The summed E-state index contributed by atoms with van der Waals surface area (Å²) < 4.78 is 9.50. The summed E-state index contributed by atoms with van der Waals surface area (Å²) >= 11 is 1.15. The van der Waals surface area contributed by atoms with E-state index in [1.807, 2.05) is 121 Å². The zero-order valence-electron chi connectivity index (χ0n) is 19.9. The molecule has 0 amide bonds. The molecule has 0 saturated carbocycles. The molecule has 0 saturated heterocycles. The topological polar surface area (TPSA) is 84.3 Å². The predicted molar refractivity (Wildman–Crippen MR) is 156 cm³/mol. The van der Waals surface area contributed by atoms with Gasteiger partial charge in [0, 0.05) is 22.7 Å². The maximum absolute atomic E-state index is 6.92. The molecule has 7 heteroatoms. The highest BCUT2D eigenvalue weighted by Crippen LogP contribution is 2.51. The third-order valence-electron chi connectivity index (χ3n) is 6.24. The molecule has 0 unspecified atom stereocenters. The molecule has 0 fully saturated rings. The van der Waals surface area contributed by atoms with Gasteiger partial charge in [-0.3, -0.25) is 0 Å². The molecule has 6 aromatic rings. The molecule has 1 aromatic heterocycles. The Balaban J connectivity index is 1.65. The van der Waals surface area contributed by atoms with E-state index in [0.717, 1.165) is 34.5 Å². The number of nitrogens with two attached hydrogens (primary N) is 2. The number of anilines is 8. The summed E-state index contributed by atoms with van der Waals surface area (Å²) in [5.41, 5.74) is 21.3. The van der Waals surface area contributed by atoms with E-state index in [0.29, 0.717) is 33.8 Å². The van der Waals surface area contributed by atoms with Crippen molar-refractivity contribution in [3.63, 3.8) is 0 Å². The molecule has 180 valence electrons. The van der Waals surface area contributed by atoms with Crippen molar-refractivity contribution in [2.24, 2.45) is 0 Å². The standard InChI is InChI=1S/C30H24N6S/c31-25-26(32)30(36(23-17-9-3-10-18-23)24-19-11-4-12-20-24)28-27(33-37-34-28)29(25)35(21-13-5-1-6-14-21)22-15-7-2-8-16-22/h1-20H,31-32H2. The second-order valence-corrected chi connectivity index (χ2v) is 9.03. The molecule has 0 spiro atoms. The molecule has 5 aromatic carbocycles. The third kappa shape index (κ3) is 4.01. The van der Waals surface area contributed by atoms with Gasteiger partial charge in [0.05, 0.1) is 23.1 Å². The van der Waals surface area contributed by atoms with Gasteiger partial charge in [0.2, 0.25) is 0 Å². The molecule has 6 nitrogen and oxygen atoms in total. The number of rotatable bonds is 6. The summed E-state index contributed by atoms with van der Waals surface area (Å²) in [6.45, 7) is 0. The van der Waals surface area contributed by atoms with E-state index in [-0.39, 0.29) is 0 Å². The second-order valence-electron chi connectivity index (χ2n) is 8.50. The molecular weight excluding hydrogens is 476 g/mol. The average molecular weight is 501 g/mol. The van der Waals surface area contributed by atoms with E-state index in [1.54, 1.807) is 0 Å². The monoisotopic (exact) mass is 500 g/mol. The van der Waals surface area contributed by atoms with Gasteiger partial charge in [-0.25, -0.2) is 0 Å². The van der Waals surface area contributed by atoms with Crippen LogP contribution in [-0.2, 0) is 0 Å². The maximum atomic E-state index is 6.92. The first kappa shape index (κ1) is 22.6. The van der Waals surface area contributed by atoms with Gasteiger partial charge in [-0.2, -0.15) is 8.75 Å². The number of hydrogen-bond donors (Lipinski definition) is 2. The van der Waals surface area contributed by atoms with Crippen LogP contribution in [0.15, 0.2) is 121 Å². The molecule has 1 heterocycles. The number of aromatic nitrogens is 2. The van der Waals surface area contributed by atoms with Crippen LogP contribution in [0.25, 0.3) is 11.0 Å². The van der Waals surface area contributed by atoms with E-state index in [4.69, 9.17) is 20.2 Å². The van der Waals surface area contributed by atoms with Crippen LogP contribution in [0, 0.1) is 0 Å². The van der Waals surface area contributed by atoms with Gasteiger partial charge in [0.15, 0.2) is 0 Å². The fraction of sp³-hybridized carbons (Fsp3) is 0. The van der Waals surface area contributed by atoms with Gasteiger partial charge in [-0.15, -0.1) is 0 Å². The van der Waals surface area contributed by atoms with Crippen molar-refractivity contribution in [2.75, 3.05) is 21.3 Å². The summed E-state index contributed by atoms with van der Waals surface area (Å²) in [7, 11) is 0. The minimum atomic E-state index is 0.444. The lowest BCUT2D eigenvalue weighted by Gasteiger charge is -2.31. The summed E-state index contributed by atoms with van der Waals surface area (Å²) in [5, 5.41) is 0. The summed E-state index contributed by atoms with van der Waals surface area (Å²) in [6, 6.07) is 40.3. The Hall–Kier alpha value is -4.88. The van der Waals surface area contributed by atoms with Crippen LogP contribution in [0.5, 0.6) is 0 Å². The highest BCUT2D eigenvalue weighted by molar-refractivity contribution is 7.00. The van der Waals surface area contributed by atoms with Crippen LogP contribution in [0.4, 0.5) is 45.5 Å². The van der Waals surface area contributed by atoms with Crippen molar-refractivity contribution < 1.29 is 0 Å². The Bertz CT molecular complexity index is 1440. The van der Waals surface area contributed by atoms with E-state index >= 15 is 0 Å². The lowest BCUT2D eigenvalue weighted by Crippen LogP contribution is -2.17. The van der Waals surface area contributed by atoms with Crippen molar-refractivity contribution in [2.45, 2.75) is 0 Å². The number of para-hydroxylation sites is 4. The zero-order valence-corrected chi connectivity index (χ0v) is 20.7. The second kappa shape index (κ2) is 9.64. The Morgan fingerprint density at radius 1 is 0.432 bits per heavy atom. The summed E-state index contributed by atoms with van der Waals surface area (Å²) in [6.07, 6.45) is 0. The molecule has 6 rings (SSSR count). The molecule has 0 aliphatic carbocycles. The van der Waals surface area contributed by atoms with Crippen LogP contribution < -0.4 is 21.3 Å². The summed E-state index contributed by atoms with van der Waals surface area (Å²) in [5.74, 6) is 0. The summed E-state index contributed by atoms with van der Waals surface area (Å²) in [4.78, 5) is 4.18. The minimum Gasteiger partial charge on any atom is -0.395 e. The fourth-order valence-corrected chi connectivity index (χ4v) is 5.14. The normalized spacial score (nSPS) is 10.9. The number of benzene rings is 5. The van der Waals surface area contributed by atoms with E-state index < -0.39 is 0 Å². The minimum absolute atomic E-state index is 0.444. The molecule has 0 bridgehead atoms. The Labute approximate surface area is 219 Å². The highest BCUT2D eigenvalue weighted by Gasteiger charge is 2.29. The average Bonchev–Trinajstić information content (AvgIpc) is 3.44. The Morgan fingerprint density at radius 3 is 0.973 bits per heavy atom. The van der Waals surface area contributed by atoms with Crippen LogP contribution in [-0.4, -0.2) is 8.75 Å². The van der Waals surface area contributed by atoms with Crippen molar-refractivity contribution in [1.29, 1.82) is 0 Å². The van der Waals surface area contributed by atoms with Crippen LogP contribution in [0.2, 0.25) is 0 Å². The zero-order chi connectivity index (χ0) is 25.2. The van der Waals surface area contributed by atoms with Gasteiger partial charge in [-0.1, -0.05) is 72.8 Å². The molecule has 0 aliphatic rings. The fourth-order valence-electron chi connectivity index (χ4n) is 4.59. The van der Waals surface area contributed by atoms with Gasteiger partial charge < -0.3 is 21.3 Å². The molecule has 0 radical (unpaired) electrons. The Morgan fingerprint density at radius 2 is 0.703 bits per heavy atom. The lowest BCUT2D eigenvalue weighted by molar-refractivity contribution is 1.27. The molecular formula is C30H24N6S. The van der Waals surface area contributed by atoms with E-state index in [9.17, 15) is 0 Å². The van der Waals surface area contributed by atoms with Gasteiger partial charge in [-0.05, 0) is 48.5 Å². The quantitative estimate of drug-likeness (QED) is 0.227. The maximum Gasteiger partial charge on any atom is 0.133 e. The Kier molecular flexibility index (Phi) is 5.88. The van der Waals surface area contributed by atoms with Crippen LogP contribution >= 0.6 is 11.7 Å². The number of fused-ring (bicyclic) bond motifs is 1. The van der Waals surface area contributed by atoms with Crippen molar-refractivity contribution in [3.05, 3.63) is 121 Å². The van der Waals surface area contributed by atoms with Crippen LogP contribution in [0.3, 0.4) is 0 Å². The SMILES string of the molecule is Nc1c(N)c(N(c2ccccc2)c2ccccc2)c2nsnc2c1N(c1ccccc1)c1ccccc1. The first-order valence-corrected chi connectivity index (χ1v) is 12.6. The first-order chi connectivity index (χ1) is 18.2. The van der Waals surface area contributed by atoms with E-state index in [2.05, 4.69) is 9.80 Å². The van der Waals surface area contributed by atoms with Crippen molar-refractivity contribution >= 4 is 68.3 Å². The number of nitrogen functional groups attached to an aromatic ring is 2. The van der Waals surface area contributed by atoms with Gasteiger partial charge >= 0.3 is 0 Å². The molecule has 0 aliphatic heterocycles. The van der Waals surface area contributed by atoms with Crippen molar-refractivity contribution in [1.82, 2.24) is 8.75 Å². The van der Waals surface area contributed by atoms with E-state index in [1.165, 1.54) is 0 Å². The number of hydrogen-bond acceptors (Lipinski definition) is 7. The van der Waals surface area contributed by atoms with Gasteiger partial charge in [0.1, 0.15) is 22.4 Å². The largest absolute Gasteiger partial charge is 0.395 e. The smallest absolute Gasteiger partial charge is 0.133 e. The van der Waals surface area contributed by atoms with Gasteiger partial charge in [0.25, 0.3) is 0 Å².